The summed E-state index contributed by atoms with van der Waals surface area (Å²) in [5.74, 6) is 0.480. The second kappa shape index (κ2) is 11.6. The molecule has 1 aliphatic carbocycles. The molecular formula is C15H32IN3O. The second-order valence-corrected chi connectivity index (χ2v) is 5.83. The fraction of sp³-hybridized carbons (Fsp3) is 0.933. The highest BCUT2D eigenvalue weighted by atomic mass is 127. The Morgan fingerprint density at radius 1 is 1.15 bits per heavy atom. The molecule has 0 bridgehead atoms. The molecule has 1 rings (SSSR count). The molecule has 0 heterocycles. The van der Waals surface area contributed by atoms with Crippen LogP contribution < -0.4 is 11.1 Å². The van der Waals surface area contributed by atoms with E-state index in [-0.39, 0.29) is 24.0 Å². The highest BCUT2D eigenvalue weighted by molar-refractivity contribution is 14.0. The van der Waals surface area contributed by atoms with Gasteiger partial charge in [0.15, 0.2) is 5.96 Å². The van der Waals surface area contributed by atoms with E-state index in [1.807, 2.05) is 0 Å². The molecule has 0 aliphatic heterocycles. The van der Waals surface area contributed by atoms with E-state index in [1.54, 1.807) is 0 Å². The standard InChI is InChI=1S/C15H31N3O.HI/c1-2-3-4-5-6-9-12-17-14(16)18-13-15(19)10-7-8-11-15;/h19H,2-13H2,1H3,(H3,16,17,18);1H. The molecule has 0 aromatic rings. The van der Waals surface area contributed by atoms with Crippen LogP contribution in [-0.4, -0.2) is 29.8 Å². The van der Waals surface area contributed by atoms with Gasteiger partial charge >= 0.3 is 0 Å². The van der Waals surface area contributed by atoms with Crippen LogP contribution >= 0.6 is 24.0 Å². The number of aliphatic imine (C=N–C) groups is 1. The van der Waals surface area contributed by atoms with Gasteiger partial charge in [0.2, 0.25) is 0 Å². The molecule has 4 N–H and O–H groups in total. The normalized spacial score (nSPS) is 17.8. The van der Waals surface area contributed by atoms with Crippen LogP contribution in [0.5, 0.6) is 0 Å². The molecule has 1 aliphatic rings. The molecule has 0 atom stereocenters. The first-order chi connectivity index (χ1) is 9.16. The van der Waals surface area contributed by atoms with Gasteiger partial charge in [-0.3, -0.25) is 4.99 Å². The van der Waals surface area contributed by atoms with Crippen LogP contribution in [0.25, 0.3) is 0 Å². The van der Waals surface area contributed by atoms with Crippen LogP contribution in [-0.2, 0) is 0 Å². The van der Waals surface area contributed by atoms with Gasteiger partial charge in [-0.2, -0.15) is 0 Å². The lowest BCUT2D eigenvalue weighted by molar-refractivity contribution is 0.0575. The molecule has 0 aromatic carbocycles. The lowest BCUT2D eigenvalue weighted by Gasteiger charge is -2.19. The molecule has 1 fully saturated rings. The fourth-order valence-corrected chi connectivity index (χ4v) is 2.60. The zero-order chi connectivity index (χ0) is 14.0. The van der Waals surface area contributed by atoms with Gasteiger partial charge in [0.1, 0.15) is 0 Å². The maximum absolute atomic E-state index is 10.1. The third kappa shape index (κ3) is 9.00. The van der Waals surface area contributed by atoms with Crippen LogP contribution in [0.4, 0.5) is 0 Å². The summed E-state index contributed by atoms with van der Waals surface area (Å²) >= 11 is 0. The molecule has 5 heteroatoms. The van der Waals surface area contributed by atoms with Gasteiger partial charge in [0, 0.05) is 6.54 Å². The van der Waals surface area contributed by atoms with E-state index >= 15 is 0 Å². The Labute approximate surface area is 141 Å². The summed E-state index contributed by atoms with van der Waals surface area (Å²) in [4.78, 5) is 4.26. The van der Waals surface area contributed by atoms with Crippen molar-refractivity contribution in [3.05, 3.63) is 0 Å². The zero-order valence-corrected chi connectivity index (χ0v) is 15.2. The van der Waals surface area contributed by atoms with Gasteiger partial charge in [-0.15, -0.1) is 24.0 Å². The predicted molar refractivity (Wildman–Crippen MR) is 96.7 cm³/mol. The minimum Gasteiger partial charge on any atom is -0.388 e. The van der Waals surface area contributed by atoms with Crippen molar-refractivity contribution >= 4 is 29.9 Å². The number of unbranched alkanes of at least 4 members (excludes halogenated alkanes) is 5. The molecule has 4 nitrogen and oxygen atoms in total. The molecule has 0 aromatic heterocycles. The van der Waals surface area contributed by atoms with E-state index in [0.29, 0.717) is 12.5 Å². The smallest absolute Gasteiger partial charge is 0.188 e. The zero-order valence-electron chi connectivity index (χ0n) is 12.9. The van der Waals surface area contributed by atoms with Gasteiger partial charge < -0.3 is 16.2 Å². The molecule has 0 saturated heterocycles. The number of rotatable bonds is 9. The molecule has 0 unspecified atom stereocenters. The molecular weight excluding hydrogens is 365 g/mol. The van der Waals surface area contributed by atoms with Gasteiger partial charge in [0.05, 0.1) is 12.1 Å². The maximum Gasteiger partial charge on any atom is 0.188 e. The number of nitrogens with two attached hydrogens (primary N) is 1. The lowest BCUT2D eigenvalue weighted by atomic mass is 10.0. The van der Waals surface area contributed by atoms with Crippen molar-refractivity contribution in [3.63, 3.8) is 0 Å². The summed E-state index contributed by atoms with van der Waals surface area (Å²) in [6.45, 7) is 3.57. The van der Waals surface area contributed by atoms with E-state index in [4.69, 9.17) is 5.73 Å². The number of guanidine groups is 1. The van der Waals surface area contributed by atoms with Crippen molar-refractivity contribution < 1.29 is 5.11 Å². The number of hydrogen-bond acceptors (Lipinski definition) is 2. The Morgan fingerprint density at radius 2 is 1.75 bits per heavy atom. The predicted octanol–water partition coefficient (Wildman–Crippen LogP) is 3.17. The number of aliphatic hydroxyl groups is 1. The Balaban J connectivity index is 0.00000361. The fourth-order valence-electron chi connectivity index (χ4n) is 2.60. The van der Waals surface area contributed by atoms with Crippen molar-refractivity contribution in [2.75, 3.05) is 13.1 Å². The summed E-state index contributed by atoms with van der Waals surface area (Å²) in [6.07, 6.45) is 11.6. The quantitative estimate of drug-likeness (QED) is 0.242. The Kier molecular flexibility index (Phi) is 11.6. The van der Waals surface area contributed by atoms with Crippen LogP contribution in [0, 0.1) is 0 Å². The average Bonchev–Trinajstić information content (AvgIpc) is 2.83. The van der Waals surface area contributed by atoms with Gasteiger partial charge in [-0.05, 0) is 19.3 Å². The third-order valence-electron chi connectivity index (χ3n) is 3.91. The Morgan fingerprint density at radius 3 is 2.40 bits per heavy atom. The summed E-state index contributed by atoms with van der Waals surface area (Å²) in [6, 6.07) is 0. The van der Waals surface area contributed by atoms with Gasteiger partial charge in [-0.25, -0.2) is 0 Å². The maximum atomic E-state index is 10.1. The van der Waals surface area contributed by atoms with Crippen LogP contribution in [0.2, 0.25) is 0 Å². The van der Waals surface area contributed by atoms with Crippen molar-refractivity contribution in [3.8, 4) is 0 Å². The minimum atomic E-state index is -0.591. The van der Waals surface area contributed by atoms with Gasteiger partial charge in [-0.1, -0.05) is 51.9 Å². The van der Waals surface area contributed by atoms with Crippen LogP contribution in [0.15, 0.2) is 4.99 Å². The summed E-state index contributed by atoms with van der Waals surface area (Å²) in [5, 5.41) is 13.3. The van der Waals surface area contributed by atoms with Crippen molar-refractivity contribution in [2.24, 2.45) is 10.7 Å². The molecule has 0 radical (unpaired) electrons. The number of nitrogens with zero attached hydrogens (tertiary/aromatic N) is 1. The minimum absolute atomic E-state index is 0. The monoisotopic (exact) mass is 397 g/mol. The van der Waals surface area contributed by atoms with Gasteiger partial charge in [0.25, 0.3) is 0 Å². The average molecular weight is 397 g/mol. The van der Waals surface area contributed by atoms with E-state index in [0.717, 1.165) is 38.6 Å². The summed E-state index contributed by atoms with van der Waals surface area (Å²) < 4.78 is 0. The summed E-state index contributed by atoms with van der Waals surface area (Å²) in [7, 11) is 0. The SMILES string of the molecule is CCCCCCCCNC(N)=NCC1(O)CCCC1.I. The van der Waals surface area contributed by atoms with Crippen LogP contribution in [0.3, 0.4) is 0 Å². The van der Waals surface area contributed by atoms with E-state index in [2.05, 4.69) is 17.2 Å². The van der Waals surface area contributed by atoms with E-state index in [1.165, 1.54) is 32.1 Å². The largest absolute Gasteiger partial charge is 0.388 e. The first-order valence-corrected chi connectivity index (χ1v) is 7.92. The Bertz CT molecular complexity index is 266. The molecule has 0 spiro atoms. The third-order valence-corrected chi connectivity index (χ3v) is 3.91. The highest BCUT2D eigenvalue weighted by Gasteiger charge is 2.30. The first kappa shape index (κ1) is 20.0. The van der Waals surface area contributed by atoms with E-state index < -0.39 is 5.60 Å². The highest BCUT2D eigenvalue weighted by Crippen LogP contribution is 2.29. The van der Waals surface area contributed by atoms with Crippen LogP contribution in [0.1, 0.15) is 71.1 Å². The summed E-state index contributed by atoms with van der Waals surface area (Å²) in [5.41, 5.74) is 5.21. The number of halogens is 1. The van der Waals surface area contributed by atoms with Crippen molar-refractivity contribution in [1.82, 2.24) is 5.32 Å². The molecule has 1 saturated carbocycles. The topological polar surface area (TPSA) is 70.6 Å². The first-order valence-electron chi connectivity index (χ1n) is 7.92. The second-order valence-electron chi connectivity index (χ2n) is 5.83. The molecule has 0 amide bonds. The van der Waals surface area contributed by atoms with Crippen molar-refractivity contribution in [1.29, 1.82) is 0 Å². The number of nitrogens with one attached hydrogen (secondary N) is 1. The van der Waals surface area contributed by atoms with Crippen molar-refractivity contribution in [2.45, 2.75) is 76.7 Å². The molecule has 120 valence electrons. The Hall–Kier alpha value is -0.0400. The lowest BCUT2D eigenvalue weighted by Crippen LogP contribution is -2.35. The number of hydrogen-bond donors (Lipinski definition) is 3. The molecule has 20 heavy (non-hydrogen) atoms. The van der Waals surface area contributed by atoms with E-state index in [9.17, 15) is 5.11 Å².